The van der Waals surface area contributed by atoms with Gasteiger partial charge in [0, 0.05) is 34.6 Å². The van der Waals surface area contributed by atoms with E-state index < -0.39 is 0 Å². The molecule has 3 heteroatoms. The van der Waals surface area contributed by atoms with Crippen LogP contribution in [-0.4, -0.2) is 12.6 Å². The number of thiophene rings is 1. The first kappa shape index (κ1) is 11.8. The molecular weight excluding hydrogens is 240 g/mol. The van der Waals surface area contributed by atoms with Gasteiger partial charge >= 0.3 is 0 Å². The third-order valence-electron chi connectivity index (χ3n) is 3.33. The standard InChI is InChI=1S/C15H18N2S/c1-11-6-7-14(18-11)10-16-9-13-8-12-4-2-3-5-15(12)17-13/h2-7,13,16-17H,8-10H2,1H3. The quantitative estimate of drug-likeness (QED) is 0.880. The van der Waals surface area contributed by atoms with Gasteiger partial charge in [-0.3, -0.25) is 0 Å². The molecule has 1 unspecified atom stereocenters. The molecular formula is C15H18N2S. The number of hydrogen-bond acceptors (Lipinski definition) is 3. The van der Waals surface area contributed by atoms with Crippen molar-refractivity contribution in [3.8, 4) is 0 Å². The van der Waals surface area contributed by atoms with Gasteiger partial charge in [0.05, 0.1) is 0 Å². The molecule has 2 aromatic rings. The molecule has 0 amide bonds. The SMILES string of the molecule is Cc1ccc(CNCC2Cc3ccccc3N2)s1. The number of aryl methyl sites for hydroxylation is 1. The summed E-state index contributed by atoms with van der Waals surface area (Å²) < 4.78 is 0. The third kappa shape index (κ3) is 2.57. The van der Waals surface area contributed by atoms with Crippen LogP contribution in [-0.2, 0) is 13.0 Å². The molecule has 2 N–H and O–H groups in total. The van der Waals surface area contributed by atoms with Crippen LogP contribution in [0.4, 0.5) is 5.69 Å². The lowest BCUT2D eigenvalue weighted by molar-refractivity contribution is 0.618. The van der Waals surface area contributed by atoms with Crippen LogP contribution in [0.5, 0.6) is 0 Å². The second-order valence-electron chi connectivity index (χ2n) is 4.85. The molecule has 1 aromatic heterocycles. The van der Waals surface area contributed by atoms with Crippen LogP contribution in [0.3, 0.4) is 0 Å². The molecule has 0 saturated heterocycles. The minimum absolute atomic E-state index is 0.531. The fraction of sp³-hybridized carbons (Fsp3) is 0.333. The number of nitrogens with one attached hydrogen (secondary N) is 2. The molecule has 0 radical (unpaired) electrons. The Morgan fingerprint density at radius 3 is 2.94 bits per heavy atom. The molecule has 2 heterocycles. The minimum Gasteiger partial charge on any atom is -0.380 e. The highest BCUT2D eigenvalue weighted by Gasteiger charge is 2.18. The minimum atomic E-state index is 0.531. The molecule has 0 aliphatic carbocycles. The molecule has 1 aromatic carbocycles. The second kappa shape index (κ2) is 5.12. The smallest absolute Gasteiger partial charge is 0.0427 e. The van der Waals surface area contributed by atoms with Crippen LogP contribution < -0.4 is 10.6 Å². The lowest BCUT2D eigenvalue weighted by Crippen LogP contribution is -2.30. The van der Waals surface area contributed by atoms with Crippen molar-refractivity contribution < 1.29 is 0 Å². The summed E-state index contributed by atoms with van der Waals surface area (Å²) >= 11 is 1.87. The van der Waals surface area contributed by atoms with E-state index in [0.29, 0.717) is 6.04 Å². The van der Waals surface area contributed by atoms with Crippen molar-refractivity contribution in [2.45, 2.75) is 25.9 Å². The highest BCUT2D eigenvalue weighted by Crippen LogP contribution is 2.24. The van der Waals surface area contributed by atoms with Gasteiger partial charge in [0.25, 0.3) is 0 Å². The fourth-order valence-electron chi connectivity index (χ4n) is 2.45. The molecule has 1 aliphatic heterocycles. The Balaban J connectivity index is 1.48. The Bertz CT molecular complexity index is 508. The van der Waals surface area contributed by atoms with Gasteiger partial charge in [0.1, 0.15) is 0 Å². The average Bonchev–Trinajstić information content (AvgIpc) is 2.95. The highest BCUT2D eigenvalue weighted by atomic mass is 32.1. The number of rotatable bonds is 4. The summed E-state index contributed by atoms with van der Waals surface area (Å²) in [5, 5.41) is 7.11. The summed E-state index contributed by atoms with van der Waals surface area (Å²) in [7, 11) is 0. The summed E-state index contributed by atoms with van der Waals surface area (Å²) in [5.41, 5.74) is 2.74. The second-order valence-corrected chi connectivity index (χ2v) is 6.22. The van der Waals surface area contributed by atoms with E-state index in [1.807, 2.05) is 11.3 Å². The van der Waals surface area contributed by atoms with Crippen LogP contribution in [0.1, 0.15) is 15.3 Å². The maximum Gasteiger partial charge on any atom is 0.0427 e. The van der Waals surface area contributed by atoms with Gasteiger partial charge in [0.15, 0.2) is 0 Å². The van der Waals surface area contributed by atoms with Gasteiger partial charge in [-0.15, -0.1) is 11.3 Å². The number of benzene rings is 1. The van der Waals surface area contributed by atoms with Crippen molar-refractivity contribution in [3.63, 3.8) is 0 Å². The van der Waals surface area contributed by atoms with E-state index in [-0.39, 0.29) is 0 Å². The number of fused-ring (bicyclic) bond motifs is 1. The summed E-state index contributed by atoms with van der Waals surface area (Å²) in [6.07, 6.45) is 1.13. The molecule has 18 heavy (non-hydrogen) atoms. The van der Waals surface area contributed by atoms with E-state index in [9.17, 15) is 0 Å². The summed E-state index contributed by atoms with van der Waals surface area (Å²) in [6, 6.07) is 13.5. The topological polar surface area (TPSA) is 24.1 Å². The molecule has 2 nitrogen and oxygen atoms in total. The fourth-order valence-corrected chi connectivity index (χ4v) is 3.31. The molecule has 0 fully saturated rings. The zero-order valence-corrected chi connectivity index (χ0v) is 11.4. The van der Waals surface area contributed by atoms with Crippen LogP contribution >= 0.6 is 11.3 Å². The lowest BCUT2D eigenvalue weighted by Gasteiger charge is -2.11. The van der Waals surface area contributed by atoms with Crippen molar-refractivity contribution in [2.24, 2.45) is 0 Å². The lowest BCUT2D eigenvalue weighted by atomic mass is 10.1. The van der Waals surface area contributed by atoms with Crippen molar-refractivity contribution in [2.75, 3.05) is 11.9 Å². The van der Waals surface area contributed by atoms with E-state index in [1.165, 1.54) is 21.0 Å². The maximum absolute atomic E-state index is 3.57. The first-order valence-corrected chi connectivity index (χ1v) is 7.23. The van der Waals surface area contributed by atoms with Crippen molar-refractivity contribution in [3.05, 3.63) is 51.7 Å². The first-order valence-electron chi connectivity index (χ1n) is 6.42. The van der Waals surface area contributed by atoms with Gasteiger partial charge in [-0.1, -0.05) is 18.2 Å². The van der Waals surface area contributed by atoms with E-state index >= 15 is 0 Å². The average molecular weight is 258 g/mol. The predicted molar refractivity (Wildman–Crippen MR) is 78.3 cm³/mol. The van der Waals surface area contributed by atoms with E-state index in [0.717, 1.165) is 19.5 Å². The van der Waals surface area contributed by atoms with Gasteiger partial charge in [0.2, 0.25) is 0 Å². The summed E-state index contributed by atoms with van der Waals surface area (Å²) in [5.74, 6) is 0. The number of anilines is 1. The normalized spacial score (nSPS) is 17.5. The Kier molecular flexibility index (Phi) is 3.35. The molecule has 94 valence electrons. The molecule has 3 rings (SSSR count). The summed E-state index contributed by atoms with van der Waals surface area (Å²) in [4.78, 5) is 2.81. The zero-order valence-electron chi connectivity index (χ0n) is 10.6. The highest BCUT2D eigenvalue weighted by molar-refractivity contribution is 7.11. The van der Waals surface area contributed by atoms with Crippen molar-refractivity contribution in [1.82, 2.24) is 5.32 Å². The number of para-hydroxylation sites is 1. The van der Waals surface area contributed by atoms with E-state index in [4.69, 9.17) is 0 Å². The van der Waals surface area contributed by atoms with Gasteiger partial charge < -0.3 is 10.6 Å². The Morgan fingerprint density at radius 2 is 2.17 bits per heavy atom. The van der Waals surface area contributed by atoms with E-state index in [2.05, 4.69) is 54.0 Å². The predicted octanol–water partition coefficient (Wildman–Crippen LogP) is 3.18. The van der Waals surface area contributed by atoms with Crippen LogP contribution in [0, 0.1) is 6.92 Å². The van der Waals surface area contributed by atoms with Crippen molar-refractivity contribution >= 4 is 17.0 Å². The van der Waals surface area contributed by atoms with E-state index in [1.54, 1.807) is 0 Å². The van der Waals surface area contributed by atoms with Crippen molar-refractivity contribution in [1.29, 1.82) is 0 Å². The Morgan fingerprint density at radius 1 is 1.28 bits per heavy atom. The Hall–Kier alpha value is -1.32. The largest absolute Gasteiger partial charge is 0.380 e. The maximum atomic E-state index is 3.57. The molecule has 1 aliphatic rings. The van der Waals surface area contributed by atoms with Gasteiger partial charge in [-0.25, -0.2) is 0 Å². The van der Waals surface area contributed by atoms with Gasteiger partial charge in [-0.05, 0) is 37.1 Å². The monoisotopic (exact) mass is 258 g/mol. The van der Waals surface area contributed by atoms with Crippen LogP contribution in [0.2, 0.25) is 0 Å². The van der Waals surface area contributed by atoms with Crippen LogP contribution in [0.25, 0.3) is 0 Å². The molecule has 0 saturated carbocycles. The number of hydrogen-bond donors (Lipinski definition) is 2. The first-order chi connectivity index (χ1) is 8.81. The third-order valence-corrected chi connectivity index (χ3v) is 4.33. The molecule has 0 spiro atoms. The van der Waals surface area contributed by atoms with Gasteiger partial charge in [-0.2, -0.15) is 0 Å². The zero-order chi connectivity index (χ0) is 12.4. The molecule has 1 atom stereocenters. The van der Waals surface area contributed by atoms with Crippen LogP contribution in [0.15, 0.2) is 36.4 Å². The Labute approximate surface area is 112 Å². The summed E-state index contributed by atoms with van der Waals surface area (Å²) in [6.45, 7) is 4.15. The molecule has 0 bridgehead atoms.